The molecular formula is C27H24ClF6N3O3S. The lowest BCUT2D eigenvalue weighted by Gasteiger charge is -2.33. The molecular weight excluding hydrogens is 596 g/mol. The van der Waals surface area contributed by atoms with Crippen LogP contribution in [0.25, 0.3) is 0 Å². The van der Waals surface area contributed by atoms with Crippen molar-refractivity contribution in [3.63, 3.8) is 0 Å². The third-order valence-corrected chi connectivity index (χ3v) is 7.27. The molecule has 0 atom stereocenters. The largest absolute Gasteiger partial charge is 0.456 e. The first-order valence-corrected chi connectivity index (χ1v) is 13.1. The second kappa shape index (κ2) is 13.0. The van der Waals surface area contributed by atoms with Crippen molar-refractivity contribution < 1.29 is 40.7 Å². The average molecular weight is 620 g/mol. The Balaban J connectivity index is 1.94. The van der Waals surface area contributed by atoms with E-state index < -0.39 is 46.7 Å². The maximum Gasteiger partial charge on any atom is 0.416 e. The van der Waals surface area contributed by atoms with Gasteiger partial charge in [0, 0.05) is 30.3 Å². The van der Waals surface area contributed by atoms with E-state index in [1.807, 2.05) is 33.0 Å². The van der Waals surface area contributed by atoms with Crippen LogP contribution in [0, 0.1) is 17.5 Å². The Hall–Kier alpha value is -3.42. The first kappa shape index (κ1) is 32.1. The van der Waals surface area contributed by atoms with Gasteiger partial charge in [0.05, 0.1) is 16.3 Å². The normalized spacial score (nSPS) is 11.8. The van der Waals surface area contributed by atoms with Gasteiger partial charge in [-0.05, 0) is 70.2 Å². The molecule has 220 valence electrons. The standard InChI is InChI=1S/C27H24ClF6N3O3S/c1-14(2)36(15(3)4)41-37(26(39)35-25(38)24-19(29)6-5-7-20(24)30)22-10-9-17(13-21(22)31)40-23-11-8-16(12-18(23)28)27(32,33)34/h5-15H,1-4H3,(H,35,38,39). The van der Waals surface area contributed by atoms with Gasteiger partial charge in [-0.25, -0.2) is 26.6 Å². The molecule has 0 radical (unpaired) electrons. The summed E-state index contributed by atoms with van der Waals surface area (Å²) < 4.78 is 90.3. The van der Waals surface area contributed by atoms with E-state index in [0.29, 0.717) is 6.07 Å². The maximum absolute atomic E-state index is 15.4. The Bertz CT molecular complexity index is 1410. The van der Waals surface area contributed by atoms with Gasteiger partial charge in [-0.2, -0.15) is 13.2 Å². The Morgan fingerprint density at radius 3 is 2.02 bits per heavy atom. The minimum absolute atomic E-state index is 0.160. The second-order valence-electron chi connectivity index (χ2n) is 9.14. The van der Waals surface area contributed by atoms with E-state index in [1.165, 1.54) is 6.07 Å². The number of hydrogen-bond donors (Lipinski definition) is 1. The van der Waals surface area contributed by atoms with Gasteiger partial charge >= 0.3 is 12.2 Å². The van der Waals surface area contributed by atoms with Crippen molar-refractivity contribution in [2.24, 2.45) is 0 Å². The molecule has 3 rings (SSSR count). The van der Waals surface area contributed by atoms with Gasteiger partial charge in [0.1, 0.15) is 28.7 Å². The molecule has 0 aliphatic heterocycles. The molecule has 0 saturated heterocycles. The maximum atomic E-state index is 15.4. The number of urea groups is 1. The number of nitrogens with one attached hydrogen (secondary N) is 1. The van der Waals surface area contributed by atoms with Gasteiger partial charge in [-0.3, -0.25) is 10.1 Å². The van der Waals surface area contributed by atoms with Gasteiger partial charge in [0.2, 0.25) is 0 Å². The van der Waals surface area contributed by atoms with Crippen LogP contribution in [0.1, 0.15) is 43.6 Å². The quantitative estimate of drug-likeness (QED) is 0.202. The fourth-order valence-electron chi connectivity index (χ4n) is 3.60. The van der Waals surface area contributed by atoms with E-state index in [1.54, 1.807) is 4.31 Å². The molecule has 0 heterocycles. The molecule has 41 heavy (non-hydrogen) atoms. The lowest BCUT2D eigenvalue weighted by Crippen LogP contribution is -2.44. The zero-order chi connectivity index (χ0) is 30.6. The van der Waals surface area contributed by atoms with Gasteiger partial charge in [0.25, 0.3) is 5.91 Å². The minimum atomic E-state index is -4.63. The molecule has 3 aromatic carbocycles. The fraction of sp³-hybridized carbons (Fsp3) is 0.259. The zero-order valence-corrected chi connectivity index (χ0v) is 23.6. The molecule has 0 spiro atoms. The number of carbonyl (C=O) groups excluding carboxylic acids is 2. The Labute approximate surface area is 241 Å². The van der Waals surface area contributed by atoms with Crippen molar-refractivity contribution in [3.05, 3.63) is 88.2 Å². The van der Waals surface area contributed by atoms with Crippen LogP contribution in [-0.2, 0) is 6.18 Å². The summed E-state index contributed by atoms with van der Waals surface area (Å²) in [6, 6.07) is 6.76. The van der Waals surface area contributed by atoms with E-state index in [9.17, 15) is 31.5 Å². The van der Waals surface area contributed by atoms with Gasteiger partial charge < -0.3 is 4.74 Å². The minimum Gasteiger partial charge on any atom is -0.456 e. The first-order chi connectivity index (χ1) is 19.1. The van der Waals surface area contributed by atoms with Gasteiger partial charge in [0.15, 0.2) is 5.82 Å². The van der Waals surface area contributed by atoms with Crippen LogP contribution in [0.3, 0.4) is 0 Å². The van der Waals surface area contributed by atoms with Crippen LogP contribution >= 0.6 is 23.7 Å². The Kier molecular flexibility index (Phi) is 10.2. The van der Waals surface area contributed by atoms with E-state index in [-0.39, 0.29) is 34.3 Å². The third kappa shape index (κ3) is 7.86. The van der Waals surface area contributed by atoms with E-state index in [2.05, 4.69) is 0 Å². The Morgan fingerprint density at radius 1 is 0.902 bits per heavy atom. The van der Waals surface area contributed by atoms with Gasteiger partial charge in [-0.15, -0.1) is 0 Å². The molecule has 0 bridgehead atoms. The summed E-state index contributed by atoms with van der Waals surface area (Å²) in [5.41, 5.74) is -2.35. The lowest BCUT2D eigenvalue weighted by molar-refractivity contribution is -0.137. The average Bonchev–Trinajstić information content (AvgIpc) is 2.85. The molecule has 0 aromatic heterocycles. The molecule has 0 unspecified atom stereocenters. The Morgan fingerprint density at radius 2 is 1.51 bits per heavy atom. The number of amides is 3. The number of rotatable bonds is 8. The number of alkyl halides is 3. The number of nitrogens with zero attached hydrogens (tertiary/aromatic N) is 2. The first-order valence-electron chi connectivity index (χ1n) is 12.0. The number of carbonyl (C=O) groups is 2. The smallest absolute Gasteiger partial charge is 0.416 e. The molecule has 1 N–H and O–H groups in total. The van der Waals surface area contributed by atoms with Gasteiger partial charge in [-0.1, -0.05) is 17.7 Å². The summed E-state index contributed by atoms with van der Waals surface area (Å²) in [5.74, 6) is -5.14. The molecule has 3 aromatic rings. The summed E-state index contributed by atoms with van der Waals surface area (Å²) in [6.45, 7) is 7.24. The van der Waals surface area contributed by atoms with Crippen LogP contribution in [0.5, 0.6) is 11.5 Å². The molecule has 0 fully saturated rings. The molecule has 6 nitrogen and oxygen atoms in total. The number of halogens is 7. The summed E-state index contributed by atoms with van der Waals surface area (Å²) >= 11 is 6.66. The van der Waals surface area contributed by atoms with Crippen LogP contribution in [0.15, 0.2) is 54.6 Å². The van der Waals surface area contributed by atoms with E-state index >= 15 is 4.39 Å². The molecule has 0 aliphatic rings. The summed E-state index contributed by atoms with van der Waals surface area (Å²) in [5, 5.41) is 1.51. The molecule has 3 amide bonds. The van der Waals surface area contributed by atoms with E-state index in [0.717, 1.165) is 58.9 Å². The summed E-state index contributed by atoms with van der Waals surface area (Å²) in [7, 11) is 0. The highest BCUT2D eigenvalue weighted by Gasteiger charge is 2.32. The van der Waals surface area contributed by atoms with Crippen LogP contribution < -0.4 is 14.4 Å². The number of ether oxygens (including phenoxy) is 1. The lowest BCUT2D eigenvalue weighted by atomic mass is 10.2. The van der Waals surface area contributed by atoms with Crippen molar-refractivity contribution in [2.75, 3.05) is 4.31 Å². The van der Waals surface area contributed by atoms with Crippen LogP contribution in [-0.4, -0.2) is 28.3 Å². The monoisotopic (exact) mass is 619 g/mol. The van der Waals surface area contributed by atoms with Crippen molar-refractivity contribution >= 4 is 41.4 Å². The van der Waals surface area contributed by atoms with E-state index in [4.69, 9.17) is 16.3 Å². The van der Waals surface area contributed by atoms with Crippen LogP contribution in [0.4, 0.5) is 36.8 Å². The number of benzene rings is 3. The highest BCUT2D eigenvalue weighted by molar-refractivity contribution is 7.99. The predicted octanol–water partition coefficient (Wildman–Crippen LogP) is 8.61. The SMILES string of the molecule is CC(C)N(SN(C(=O)NC(=O)c1c(F)cccc1F)c1ccc(Oc2ccc(C(F)(F)F)cc2Cl)cc1F)C(C)C. The fourth-order valence-corrected chi connectivity index (χ4v) is 4.74. The highest BCUT2D eigenvalue weighted by Crippen LogP contribution is 2.38. The summed E-state index contributed by atoms with van der Waals surface area (Å²) in [4.78, 5) is 25.8. The van der Waals surface area contributed by atoms with Crippen molar-refractivity contribution in [2.45, 2.75) is 46.0 Å². The van der Waals surface area contributed by atoms with Crippen molar-refractivity contribution in [1.29, 1.82) is 0 Å². The number of hydrogen-bond acceptors (Lipinski definition) is 5. The molecule has 14 heteroatoms. The molecule has 0 saturated carbocycles. The van der Waals surface area contributed by atoms with Crippen molar-refractivity contribution in [1.82, 2.24) is 9.62 Å². The summed E-state index contributed by atoms with van der Waals surface area (Å²) in [6.07, 6.45) is -4.63. The number of imide groups is 1. The predicted molar refractivity (Wildman–Crippen MR) is 144 cm³/mol. The molecule has 0 aliphatic carbocycles. The zero-order valence-electron chi connectivity index (χ0n) is 22.0. The third-order valence-electron chi connectivity index (χ3n) is 5.41. The number of anilines is 1. The highest BCUT2D eigenvalue weighted by atomic mass is 35.5. The van der Waals surface area contributed by atoms with Crippen molar-refractivity contribution in [3.8, 4) is 11.5 Å². The topological polar surface area (TPSA) is 61.9 Å². The second-order valence-corrected chi connectivity index (χ2v) is 10.5. The van der Waals surface area contributed by atoms with Crippen LogP contribution in [0.2, 0.25) is 5.02 Å².